The first kappa shape index (κ1) is 24.6. The topological polar surface area (TPSA) is 67.6 Å². The molecule has 1 fully saturated rings. The Bertz CT molecular complexity index is 743. The lowest BCUT2D eigenvalue weighted by atomic mass is 9.90. The quantitative estimate of drug-likeness (QED) is 0.236. The largest absolute Gasteiger partial charge is 0.383 e. The van der Waals surface area contributed by atoms with E-state index in [2.05, 4.69) is 62.2 Å². The summed E-state index contributed by atoms with van der Waals surface area (Å²) >= 11 is 0. The van der Waals surface area contributed by atoms with E-state index >= 15 is 0 Å². The van der Waals surface area contributed by atoms with E-state index < -0.39 is 0 Å². The second-order valence-corrected chi connectivity index (χ2v) is 7.54. The molecule has 3 rings (SSSR count). The Kier molecular flexibility index (Phi) is 11.1. The van der Waals surface area contributed by atoms with Crippen LogP contribution in [0.25, 0.3) is 0 Å². The number of hydrogen-bond donors (Lipinski definition) is 1. The fourth-order valence-corrected chi connectivity index (χ4v) is 3.83. The molecular weight excluding hydrogens is 491 g/mol. The Hall–Kier alpha value is -1.68. The number of aliphatic imine (C=N–C) groups is 1. The van der Waals surface area contributed by atoms with Crippen LogP contribution < -0.4 is 5.32 Å². The van der Waals surface area contributed by atoms with E-state index in [-0.39, 0.29) is 24.0 Å². The predicted molar refractivity (Wildman–Crippen MR) is 131 cm³/mol. The summed E-state index contributed by atoms with van der Waals surface area (Å²) < 4.78 is 7.29. The predicted octanol–water partition coefficient (Wildman–Crippen LogP) is 3.01. The van der Waals surface area contributed by atoms with Crippen LogP contribution in [-0.2, 0) is 24.1 Å². The maximum Gasteiger partial charge on any atom is 0.194 e. The molecule has 1 saturated heterocycles. The van der Waals surface area contributed by atoms with Crippen molar-refractivity contribution in [2.75, 3.05) is 39.9 Å². The molecule has 1 N–H and O–H groups in total. The van der Waals surface area contributed by atoms with Gasteiger partial charge in [0.05, 0.1) is 13.2 Å². The molecule has 8 heteroatoms. The Morgan fingerprint density at radius 3 is 2.70 bits per heavy atom. The van der Waals surface area contributed by atoms with Gasteiger partial charge in [-0.3, -0.25) is 4.99 Å². The summed E-state index contributed by atoms with van der Waals surface area (Å²) in [5.41, 5.74) is 1.44. The lowest BCUT2D eigenvalue weighted by molar-refractivity contribution is 0.206. The Balaban J connectivity index is 0.00000320. The second kappa shape index (κ2) is 13.6. The third kappa shape index (κ3) is 7.54. The molecule has 0 saturated carbocycles. The third-order valence-electron chi connectivity index (χ3n) is 5.49. The van der Waals surface area contributed by atoms with Gasteiger partial charge in [0.15, 0.2) is 5.96 Å². The van der Waals surface area contributed by atoms with Gasteiger partial charge in [-0.15, -0.1) is 34.2 Å². The lowest BCUT2D eigenvalue weighted by Gasteiger charge is -2.34. The van der Waals surface area contributed by atoms with Crippen molar-refractivity contribution in [3.05, 3.63) is 48.0 Å². The zero-order valence-corrected chi connectivity index (χ0v) is 20.5. The third-order valence-corrected chi connectivity index (χ3v) is 5.49. The zero-order chi connectivity index (χ0) is 20.3. The first-order valence-corrected chi connectivity index (χ1v) is 10.7. The van der Waals surface area contributed by atoms with Crippen molar-refractivity contribution in [3.8, 4) is 0 Å². The Morgan fingerprint density at radius 2 is 2.00 bits per heavy atom. The van der Waals surface area contributed by atoms with Gasteiger partial charge in [-0.2, -0.15) is 0 Å². The van der Waals surface area contributed by atoms with Crippen molar-refractivity contribution in [2.24, 2.45) is 10.9 Å². The van der Waals surface area contributed by atoms with Gasteiger partial charge in [0.25, 0.3) is 0 Å². The maximum absolute atomic E-state index is 5.18. The van der Waals surface area contributed by atoms with Gasteiger partial charge >= 0.3 is 0 Å². The number of benzene rings is 1. The molecule has 2 heterocycles. The van der Waals surface area contributed by atoms with Crippen LogP contribution in [0.2, 0.25) is 0 Å². The van der Waals surface area contributed by atoms with Crippen LogP contribution in [0.15, 0.2) is 41.7 Å². The Labute approximate surface area is 197 Å². The summed E-state index contributed by atoms with van der Waals surface area (Å²) in [7, 11) is 1.72. The minimum Gasteiger partial charge on any atom is -0.383 e. The molecule has 0 bridgehead atoms. The summed E-state index contributed by atoms with van der Waals surface area (Å²) in [4.78, 5) is 7.17. The highest BCUT2D eigenvalue weighted by atomic mass is 127. The molecule has 1 aliphatic rings. The van der Waals surface area contributed by atoms with E-state index in [1.54, 1.807) is 13.4 Å². The molecule has 0 radical (unpaired) electrons. The number of nitrogens with one attached hydrogen (secondary N) is 1. The molecule has 0 atom stereocenters. The van der Waals surface area contributed by atoms with Crippen LogP contribution in [0.1, 0.15) is 31.2 Å². The number of guanidine groups is 1. The standard InChI is InChI=1S/C22H34N6O.HI/c1-3-21-26-25-18-28(21)15-11-23-22(24-12-16-29-2)27-13-9-20(10-14-27)17-19-7-5-4-6-8-19;/h4-8,18,20H,3,9-17H2,1-2H3,(H,23,24);1H. The molecule has 0 spiro atoms. The van der Waals surface area contributed by atoms with Crippen LogP contribution >= 0.6 is 24.0 Å². The molecule has 7 nitrogen and oxygen atoms in total. The fourth-order valence-electron chi connectivity index (χ4n) is 3.83. The number of rotatable bonds is 9. The summed E-state index contributed by atoms with van der Waals surface area (Å²) in [6.45, 7) is 7.15. The van der Waals surface area contributed by atoms with E-state index in [9.17, 15) is 0 Å². The van der Waals surface area contributed by atoms with Crippen LogP contribution in [0.3, 0.4) is 0 Å². The minimum atomic E-state index is 0. The minimum absolute atomic E-state index is 0. The number of ether oxygens (including phenoxy) is 1. The monoisotopic (exact) mass is 526 g/mol. The molecule has 0 aliphatic carbocycles. The van der Waals surface area contributed by atoms with E-state index in [4.69, 9.17) is 9.73 Å². The van der Waals surface area contributed by atoms with Gasteiger partial charge < -0.3 is 19.5 Å². The van der Waals surface area contributed by atoms with Crippen molar-refractivity contribution >= 4 is 29.9 Å². The van der Waals surface area contributed by atoms with Crippen molar-refractivity contribution in [2.45, 2.75) is 39.2 Å². The first-order chi connectivity index (χ1) is 14.3. The van der Waals surface area contributed by atoms with Gasteiger partial charge in [-0.25, -0.2) is 0 Å². The molecule has 0 unspecified atom stereocenters. The van der Waals surface area contributed by atoms with Gasteiger partial charge in [0.2, 0.25) is 0 Å². The number of aromatic nitrogens is 3. The SMILES string of the molecule is CCc1nncn1CCNC(=NCCOC)N1CCC(Cc2ccccc2)CC1.I. The van der Waals surface area contributed by atoms with Gasteiger partial charge in [0, 0.05) is 39.7 Å². The number of methoxy groups -OCH3 is 1. The van der Waals surface area contributed by atoms with E-state index in [0.29, 0.717) is 13.2 Å². The number of halogens is 1. The normalized spacial score (nSPS) is 15.1. The smallest absolute Gasteiger partial charge is 0.194 e. The summed E-state index contributed by atoms with van der Waals surface area (Å²) in [6.07, 6.45) is 6.27. The maximum atomic E-state index is 5.18. The number of likely N-dealkylation sites (tertiary alicyclic amines) is 1. The summed E-state index contributed by atoms with van der Waals surface area (Å²) in [5, 5.41) is 11.7. The van der Waals surface area contributed by atoms with Gasteiger partial charge in [0.1, 0.15) is 12.2 Å². The number of nitrogens with zero attached hydrogens (tertiary/aromatic N) is 5. The number of hydrogen-bond acceptors (Lipinski definition) is 4. The van der Waals surface area contributed by atoms with Crippen molar-refractivity contribution in [3.63, 3.8) is 0 Å². The van der Waals surface area contributed by atoms with Crippen molar-refractivity contribution in [1.29, 1.82) is 0 Å². The van der Waals surface area contributed by atoms with Crippen LogP contribution in [-0.4, -0.2) is 65.5 Å². The molecule has 30 heavy (non-hydrogen) atoms. The molecular formula is C22H35IN6O. The van der Waals surface area contributed by atoms with E-state index in [0.717, 1.165) is 50.3 Å². The fraction of sp³-hybridized carbons (Fsp3) is 0.591. The second-order valence-electron chi connectivity index (χ2n) is 7.54. The molecule has 0 amide bonds. The van der Waals surface area contributed by atoms with Gasteiger partial charge in [-0.1, -0.05) is 37.3 Å². The Morgan fingerprint density at radius 1 is 1.23 bits per heavy atom. The van der Waals surface area contributed by atoms with E-state index in [1.165, 1.54) is 24.8 Å². The molecule has 1 aliphatic heterocycles. The van der Waals surface area contributed by atoms with Crippen LogP contribution in [0.4, 0.5) is 0 Å². The number of aryl methyl sites for hydroxylation is 1. The molecule has 166 valence electrons. The molecule has 1 aromatic heterocycles. The van der Waals surface area contributed by atoms with Gasteiger partial charge in [-0.05, 0) is 30.7 Å². The number of piperidine rings is 1. The van der Waals surface area contributed by atoms with E-state index in [1.807, 2.05) is 0 Å². The molecule has 2 aromatic rings. The highest BCUT2D eigenvalue weighted by molar-refractivity contribution is 14.0. The lowest BCUT2D eigenvalue weighted by Crippen LogP contribution is -2.46. The van der Waals surface area contributed by atoms with Crippen LogP contribution in [0.5, 0.6) is 0 Å². The van der Waals surface area contributed by atoms with Crippen LogP contribution in [0, 0.1) is 5.92 Å². The summed E-state index contributed by atoms with van der Waals surface area (Å²) in [5.74, 6) is 2.76. The zero-order valence-electron chi connectivity index (χ0n) is 18.2. The summed E-state index contributed by atoms with van der Waals surface area (Å²) in [6, 6.07) is 10.8. The highest BCUT2D eigenvalue weighted by Crippen LogP contribution is 2.21. The van der Waals surface area contributed by atoms with Crippen molar-refractivity contribution in [1.82, 2.24) is 25.0 Å². The average molecular weight is 526 g/mol. The highest BCUT2D eigenvalue weighted by Gasteiger charge is 2.21. The van der Waals surface area contributed by atoms with Crippen molar-refractivity contribution < 1.29 is 4.74 Å². The molecule has 1 aromatic carbocycles. The average Bonchev–Trinajstić information content (AvgIpc) is 3.22. The first-order valence-electron chi connectivity index (χ1n) is 10.7.